The van der Waals surface area contributed by atoms with Crippen LogP contribution in [0.3, 0.4) is 0 Å². The Morgan fingerprint density at radius 1 is 0.950 bits per heavy atom. The van der Waals surface area contributed by atoms with Gasteiger partial charge in [-0.05, 0) is 43.7 Å². The maximum absolute atomic E-state index is 4.30. The van der Waals surface area contributed by atoms with Crippen molar-refractivity contribution in [1.29, 1.82) is 0 Å². The van der Waals surface area contributed by atoms with Gasteiger partial charge in [0, 0.05) is 38.1 Å². The summed E-state index contributed by atoms with van der Waals surface area (Å²) in [7, 11) is 0. The van der Waals surface area contributed by atoms with Gasteiger partial charge >= 0.3 is 0 Å². The highest BCUT2D eigenvalue weighted by Crippen LogP contribution is 2.14. The summed E-state index contributed by atoms with van der Waals surface area (Å²) in [6.45, 7) is 8.15. The molecule has 1 aromatic carbocycles. The van der Waals surface area contributed by atoms with Crippen LogP contribution in [0.5, 0.6) is 0 Å². The number of pyridine rings is 1. The standard InChI is InChI=1S/C17H23N3/c1-3-20(4-2)17-10-8-15(9-11-17)13-18-14-16-7-5-6-12-19-16/h5-12,18H,3-4,13-14H2,1-2H3. The van der Waals surface area contributed by atoms with E-state index in [1.807, 2.05) is 24.4 Å². The van der Waals surface area contributed by atoms with E-state index in [0.717, 1.165) is 31.9 Å². The number of anilines is 1. The highest BCUT2D eigenvalue weighted by Gasteiger charge is 2.01. The molecule has 0 saturated heterocycles. The summed E-state index contributed by atoms with van der Waals surface area (Å²) in [5, 5.41) is 3.42. The summed E-state index contributed by atoms with van der Waals surface area (Å²) in [6, 6.07) is 14.8. The van der Waals surface area contributed by atoms with E-state index in [9.17, 15) is 0 Å². The lowest BCUT2D eigenvalue weighted by atomic mass is 10.2. The Hall–Kier alpha value is -1.87. The van der Waals surface area contributed by atoms with Crippen LogP contribution in [-0.2, 0) is 13.1 Å². The molecular formula is C17H23N3. The fourth-order valence-electron chi connectivity index (χ4n) is 2.25. The minimum Gasteiger partial charge on any atom is -0.372 e. The zero-order valence-corrected chi connectivity index (χ0v) is 12.3. The predicted molar refractivity (Wildman–Crippen MR) is 84.8 cm³/mol. The van der Waals surface area contributed by atoms with Gasteiger partial charge in [0.15, 0.2) is 0 Å². The second kappa shape index (κ2) is 7.65. The second-order valence-electron chi connectivity index (χ2n) is 4.76. The number of hydrogen-bond donors (Lipinski definition) is 1. The largest absolute Gasteiger partial charge is 0.372 e. The maximum Gasteiger partial charge on any atom is 0.0541 e. The normalized spacial score (nSPS) is 10.5. The summed E-state index contributed by atoms with van der Waals surface area (Å²) in [5.41, 5.74) is 3.67. The molecule has 0 aliphatic heterocycles. The van der Waals surface area contributed by atoms with E-state index < -0.39 is 0 Å². The molecule has 1 aromatic heterocycles. The summed E-state index contributed by atoms with van der Waals surface area (Å²) in [4.78, 5) is 6.65. The zero-order valence-electron chi connectivity index (χ0n) is 12.3. The first kappa shape index (κ1) is 14.5. The zero-order chi connectivity index (χ0) is 14.2. The molecule has 0 radical (unpaired) electrons. The van der Waals surface area contributed by atoms with Crippen molar-refractivity contribution in [3.05, 3.63) is 59.9 Å². The van der Waals surface area contributed by atoms with E-state index in [2.05, 4.69) is 53.3 Å². The molecule has 0 aliphatic carbocycles. The number of hydrogen-bond acceptors (Lipinski definition) is 3. The van der Waals surface area contributed by atoms with Gasteiger partial charge in [0.2, 0.25) is 0 Å². The van der Waals surface area contributed by atoms with Crippen LogP contribution in [-0.4, -0.2) is 18.1 Å². The summed E-state index contributed by atoms with van der Waals surface area (Å²) >= 11 is 0. The molecule has 106 valence electrons. The fourth-order valence-corrected chi connectivity index (χ4v) is 2.25. The van der Waals surface area contributed by atoms with E-state index in [1.165, 1.54) is 11.3 Å². The molecule has 0 unspecified atom stereocenters. The monoisotopic (exact) mass is 269 g/mol. The van der Waals surface area contributed by atoms with Crippen molar-refractivity contribution in [2.24, 2.45) is 0 Å². The summed E-state index contributed by atoms with van der Waals surface area (Å²) in [5.74, 6) is 0. The minimum absolute atomic E-state index is 0.804. The third-order valence-electron chi connectivity index (χ3n) is 3.43. The van der Waals surface area contributed by atoms with Crippen molar-refractivity contribution in [1.82, 2.24) is 10.3 Å². The SMILES string of the molecule is CCN(CC)c1ccc(CNCc2ccccn2)cc1. The highest BCUT2D eigenvalue weighted by molar-refractivity contribution is 5.47. The fraction of sp³-hybridized carbons (Fsp3) is 0.353. The van der Waals surface area contributed by atoms with Crippen LogP contribution in [0.25, 0.3) is 0 Å². The number of rotatable bonds is 7. The predicted octanol–water partition coefficient (Wildman–Crippen LogP) is 3.22. The third kappa shape index (κ3) is 4.07. The first-order valence-corrected chi connectivity index (χ1v) is 7.28. The molecule has 0 atom stereocenters. The summed E-state index contributed by atoms with van der Waals surface area (Å²) < 4.78 is 0. The number of aromatic nitrogens is 1. The van der Waals surface area contributed by atoms with Crippen LogP contribution >= 0.6 is 0 Å². The Kier molecular flexibility index (Phi) is 5.56. The van der Waals surface area contributed by atoms with E-state index in [0.29, 0.717) is 0 Å². The van der Waals surface area contributed by atoms with Crippen LogP contribution in [0.2, 0.25) is 0 Å². The average molecular weight is 269 g/mol. The van der Waals surface area contributed by atoms with Gasteiger partial charge in [0.1, 0.15) is 0 Å². The van der Waals surface area contributed by atoms with Gasteiger partial charge in [-0.3, -0.25) is 4.98 Å². The topological polar surface area (TPSA) is 28.2 Å². The van der Waals surface area contributed by atoms with Crippen molar-refractivity contribution >= 4 is 5.69 Å². The lowest BCUT2D eigenvalue weighted by Gasteiger charge is -2.21. The number of nitrogens with one attached hydrogen (secondary N) is 1. The van der Waals surface area contributed by atoms with Gasteiger partial charge in [-0.2, -0.15) is 0 Å². The van der Waals surface area contributed by atoms with E-state index in [1.54, 1.807) is 0 Å². The molecule has 0 fully saturated rings. The van der Waals surface area contributed by atoms with Crippen LogP contribution in [0.15, 0.2) is 48.7 Å². The molecule has 3 nitrogen and oxygen atoms in total. The highest BCUT2D eigenvalue weighted by atomic mass is 15.1. The minimum atomic E-state index is 0.804. The van der Waals surface area contributed by atoms with E-state index >= 15 is 0 Å². The van der Waals surface area contributed by atoms with Gasteiger partial charge in [0.25, 0.3) is 0 Å². The Morgan fingerprint density at radius 2 is 1.70 bits per heavy atom. The molecule has 0 amide bonds. The Labute approximate surface area is 121 Å². The van der Waals surface area contributed by atoms with Crippen LogP contribution in [0.4, 0.5) is 5.69 Å². The van der Waals surface area contributed by atoms with E-state index in [4.69, 9.17) is 0 Å². The molecule has 1 N–H and O–H groups in total. The molecule has 0 bridgehead atoms. The molecule has 2 aromatic rings. The first-order chi connectivity index (χ1) is 9.83. The molecule has 0 aliphatic rings. The lowest BCUT2D eigenvalue weighted by Crippen LogP contribution is -2.21. The molecular weight excluding hydrogens is 246 g/mol. The lowest BCUT2D eigenvalue weighted by molar-refractivity contribution is 0.679. The molecule has 0 spiro atoms. The Morgan fingerprint density at radius 3 is 2.30 bits per heavy atom. The van der Waals surface area contributed by atoms with Gasteiger partial charge in [0.05, 0.1) is 5.69 Å². The van der Waals surface area contributed by atoms with Crippen molar-refractivity contribution in [2.45, 2.75) is 26.9 Å². The van der Waals surface area contributed by atoms with Crippen molar-refractivity contribution < 1.29 is 0 Å². The van der Waals surface area contributed by atoms with Crippen LogP contribution in [0.1, 0.15) is 25.1 Å². The average Bonchev–Trinajstić information content (AvgIpc) is 2.51. The van der Waals surface area contributed by atoms with Crippen molar-refractivity contribution in [3.63, 3.8) is 0 Å². The van der Waals surface area contributed by atoms with Gasteiger partial charge in [-0.15, -0.1) is 0 Å². The van der Waals surface area contributed by atoms with Crippen molar-refractivity contribution in [2.75, 3.05) is 18.0 Å². The second-order valence-corrected chi connectivity index (χ2v) is 4.76. The molecule has 3 heteroatoms. The summed E-state index contributed by atoms with van der Waals surface area (Å²) in [6.07, 6.45) is 1.83. The van der Waals surface area contributed by atoms with Crippen LogP contribution < -0.4 is 10.2 Å². The maximum atomic E-state index is 4.30. The quantitative estimate of drug-likeness (QED) is 0.836. The molecule has 0 saturated carbocycles. The van der Waals surface area contributed by atoms with Crippen LogP contribution in [0, 0.1) is 0 Å². The Balaban J connectivity index is 1.85. The Bertz CT molecular complexity index is 489. The molecule has 2 rings (SSSR count). The molecule has 1 heterocycles. The third-order valence-corrected chi connectivity index (χ3v) is 3.43. The van der Waals surface area contributed by atoms with Crippen molar-refractivity contribution in [3.8, 4) is 0 Å². The van der Waals surface area contributed by atoms with Gasteiger partial charge < -0.3 is 10.2 Å². The van der Waals surface area contributed by atoms with Gasteiger partial charge in [-0.1, -0.05) is 18.2 Å². The van der Waals surface area contributed by atoms with Gasteiger partial charge in [-0.25, -0.2) is 0 Å². The smallest absolute Gasteiger partial charge is 0.0541 e. The molecule has 20 heavy (non-hydrogen) atoms. The number of nitrogens with zero attached hydrogens (tertiary/aromatic N) is 2. The van der Waals surface area contributed by atoms with E-state index in [-0.39, 0.29) is 0 Å². The first-order valence-electron chi connectivity index (χ1n) is 7.28. The number of benzene rings is 1.